The van der Waals surface area contributed by atoms with Crippen LogP contribution in [0, 0.1) is 0 Å². The normalized spacial score (nSPS) is 14.0. The van der Waals surface area contributed by atoms with E-state index in [9.17, 15) is 9.59 Å². The lowest BCUT2D eigenvalue weighted by molar-refractivity contribution is 0.0724. The first-order chi connectivity index (χ1) is 12.5. The molecule has 0 saturated carbocycles. The minimum absolute atomic E-state index is 0.0518. The highest BCUT2D eigenvalue weighted by molar-refractivity contribution is 6.05. The van der Waals surface area contributed by atoms with E-state index in [-0.39, 0.29) is 11.8 Å². The Morgan fingerprint density at radius 1 is 0.846 bits per heavy atom. The Balaban J connectivity index is 1.63. The molecule has 1 fully saturated rings. The summed E-state index contributed by atoms with van der Waals surface area (Å²) >= 11 is 0. The van der Waals surface area contributed by atoms with Crippen LogP contribution in [0.3, 0.4) is 0 Å². The van der Waals surface area contributed by atoms with Crippen molar-refractivity contribution in [3.05, 3.63) is 59.7 Å². The van der Waals surface area contributed by atoms with E-state index in [2.05, 4.69) is 5.32 Å². The SMILES string of the molecule is CN(C)c1ccc(NC(=O)c2ccc(C(=O)N3CCCCC3)cc2)cc1. The Bertz CT molecular complexity index is 761. The molecule has 1 aliphatic rings. The summed E-state index contributed by atoms with van der Waals surface area (Å²) in [7, 11) is 3.95. The minimum atomic E-state index is -0.181. The third-order valence-corrected chi connectivity index (χ3v) is 4.68. The number of piperidine rings is 1. The zero-order valence-corrected chi connectivity index (χ0v) is 15.4. The molecule has 3 rings (SSSR count). The van der Waals surface area contributed by atoms with Gasteiger partial charge in [0.2, 0.25) is 0 Å². The molecule has 1 aliphatic heterocycles. The summed E-state index contributed by atoms with van der Waals surface area (Å²) in [6, 6.07) is 14.6. The van der Waals surface area contributed by atoms with E-state index in [0.717, 1.165) is 37.3 Å². The van der Waals surface area contributed by atoms with Crippen LogP contribution in [0.1, 0.15) is 40.0 Å². The zero-order valence-electron chi connectivity index (χ0n) is 15.4. The first-order valence-corrected chi connectivity index (χ1v) is 9.03. The zero-order chi connectivity index (χ0) is 18.5. The van der Waals surface area contributed by atoms with Crippen LogP contribution in [-0.2, 0) is 0 Å². The van der Waals surface area contributed by atoms with Gasteiger partial charge in [-0.2, -0.15) is 0 Å². The Labute approximate surface area is 154 Å². The largest absolute Gasteiger partial charge is 0.378 e. The van der Waals surface area contributed by atoms with Gasteiger partial charge in [-0.15, -0.1) is 0 Å². The molecule has 5 nitrogen and oxygen atoms in total. The molecule has 26 heavy (non-hydrogen) atoms. The Kier molecular flexibility index (Phi) is 5.56. The molecule has 0 spiro atoms. The number of likely N-dealkylation sites (tertiary alicyclic amines) is 1. The van der Waals surface area contributed by atoms with Crippen molar-refractivity contribution in [2.75, 3.05) is 37.4 Å². The number of hydrogen-bond acceptors (Lipinski definition) is 3. The average Bonchev–Trinajstić information content (AvgIpc) is 2.68. The van der Waals surface area contributed by atoms with Crippen LogP contribution < -0.4 is 10.2 Å². The summed E-state index contributed by atoms with van der Waals surface area (Å²) in [5, 5.41) is 2.88. The van der Waals surface area contributed by atoms with E-state index in [1.54, 1.807) is 24.3 Å². The second-order valence-electron chi connectivity index (χ2n) is 6.83. The first-order valence-electron chi connectivity index (χ1n) is 9.03. The van der Waals surface area contributed by atoms with Crippen LogP contribution in [0.25, 0.3) is 0 Å². The summed E-state index contributed by atoms with van der Waals surface area (Å²) < 4.78 is 0. The molecule has 0 bridgehead atoms. The number of anilines is 2. The van der Waals surface area contributed by atoms with Gasteiger partial charge in [0.15, 0.2) is 0 Å². The fraction of sp³-hybridized carbons (Fsp3) is 0.333. The number of rotatable bonds is 4. The summed E-state index contributed by atoms with van der Waals surface area (Å²) in [5.74, 6) is -0.129. The smallest absolute Gasteiger partial charge is 0.255 e. The summed E-state index contributed by atoms with van der Waals surface area (Å²) in [6.45, 7) is 1.65. The van der Waals surface area contributed by atoms with Crippen molar-refractivity contribution in [2.24, 2.45) is 0 Å². The standard InChI is InChI=1S/C21H25N3O2/c1-23(2)19-12-10-18(11-13-19)22-20(25)16-6-8-17(9-7-16)21(26)24-14-4-3-5-15-24/h6-13H,3-5,14-15H2,1-2H3,(H,22,25). The molecule has 1 heterocycles. The molecule has 136 valence electrons. The van der Waals surface area contributed by atoms with Gasteiger partial charge >= 0.3 is 0 Å². The van der Waals surface area contributed by atoms with Crippen molar-refractivity contribution >= 4 is 23.2 Å². The number of amides is 2. The predicted octanol–water partition coefficient (Wildman–Crippen LogP) is 3.63. The molecule has 2 amide bonds. The van der Waals surface area contributed by atoms with Crippen LogP contribution in [0.2, 0.25) is 0 Å². The van der Waals surface area contributed by atoms with Crippen molar-refractivity contribution in [2.45, 2.75) is 19.3 Å². The van der Waals surface area contributed by atoms with E-state index in [1.165, 1.54) is 6.42 Å². The second kappa shape index (κ2) is 8.04. The van der Waals surface area contributed by atoms with Gasteiger partial charge in [0.05, 0.1) is 0 Å². The lowest BCUT2D eigenvalue weighted by Gasteiger charge is -2.26. The van der Waals surface area contributed by atoms with Crippen LogP contribution in [-0.4, -0.2) is 43.9 Å². The third-order valence-electron chi connectivity index (χ3n) is 4.68. The molecule has 2 aromatic rings. The van der Waals surface area contributed by atoms with Crippen LogP contribution in [0.15, 0.2) is 48.5 Å². The van der Waals surface area contributed by atoms with E-state index in [1.807, 2.05) is 48.2 Å². The monoisotopic (exact) mass is 351 g/mol. The van der Waals surface area contributed by atoms with Gasteiger partial charge in [-0.05, 0) is 67.8 Å². The van der Waals surface area contributed by atoms with Gasteiger partial charge in [-0.25, -0.2) is 0 Å². The number of hydrogen-bond donors (Lipinski definition) is 1. The Hall–Kier alpha value is -2.82. The van der Waals surface area contributed by atoms with Gasteiger partial charge in [-0.3, -0.25) is 9.59 Å². The molecule has 0 aromatic heterocycles. The fourth-order valence-electron chi connectivity index (χ4n) is 3.09. The van der Waals surface area contributed by atoms with Crippen molar-refractivity contribution in [3.8, 4) is 0 Å². The molecule has 5 heteroatoms. The Morgan fingerprint density at radius 3 is 2.00 bits per heavy atom. The minimum Gasteiger partial charge on any atom is -0.378 e. The summed E-state index contributed by atoms with van der Waals surface area (Å²) in [5.41, 5.74) is 2.99. The summed E-state index contributed by atoms with van der Waals surface area (Å²) in [6.07, 6.45) is 3.33. The lowest BCUT2D eigenvalue weighted by atomic mass is 10.1. The van der Waals surface area contributed by atoms with Crippen LogP contribution >= 0.6 is 0 Å². The topological polar surface area (TPSA) is 52.7 Å². The highest BCUT2D eigenvalue weighted by Gasteiger charge is 2.18. The number of carbonyl (C=O) groups excluding carboxylic acids is 2. The molecular weight excluding hydrogens is 326 g/mol. The van der Waals surface area contributed by atoms with E-state index in [0.29, 0.717) is 11.1 Å². The molecule has 0 atom stereocenters. The third kappa shape index (κ3) is 4.23. The molecule has 1 saturated heterocycles. The molecule has 0 radical (unpaired) electrons. The molecule has 0 aliphatic carbocycles. The van der Waals surface area contributed by atoms with Gasteiger partial charge in [0.1, 0.15) is 0 Å². The van der Waals surface area contributed by atoms with E-state index in [4.69, 9.17) is 0 Å². The quantitative estimate of drug-likeness (QED) is 0.915. The van der Waals surface area contributed by atoms with Crippen molar-refractivity contribution in [1.82, 2.24) is 4.90 Å². The van der Waals surface area contributed by atoms with Gasteiger partial charge in [0, 0.05) is 49.7 Å². The number of nitrogens with zero attached hydrogens (tertiary/aromatic N) is 2. The van der Waals surface area contributed by atoms with Crippen LogP contribution in [0.4, 0.5) is 11.4 Å². The van der Waals surface area contributed by atoms with E-state index >= 15 is 0 Å². The molecule has 1 N–H and O–H groups in total. The van der Waals surface area contributed by atoms with Gasteiger partial charge in [-0.1, -0.05) is 0 Å². The number of benzene rings is 2. The highest BCUT2D eigenvalue weighted by atomic mass is 16.2. The van der Waals surface area contributed by atoms with Gasteiger partial charge < -0.3 is 15.1 Å². The highest BCUT2D eigenvalue weighted by Crippen LogP contribution is 2.17. The maximum Gasteiger partial charge on any atom is 0.255 e. The maximum atomic E-state index is 12.5. The predicted molar refractivity (Wildman–Crippen MR) is 105 cm³/mol. The first kappa shape index (κ1) is 18.0. The lowest BCUT2D eigenvalue weighted by Crippen LogP contribution is -2.35. The molecule has 2 aromatic carbocycles. The van der Waals surface area contributed by atoms with Crippen LogP contribution in [0.5, 0.6) is 0 Å². The van der Waals surface area contributed by atoms with E-state index < -0.39 is 0 Å². The fourth-order valence-corrected chi connectivity index (χ4v) is 3.09. The molecular formula is C21H25N3O2. The van der Waals surface area contributed by atoms with Crippen molar-refractivity contribution in [3.63, 3.8) is 0 Å². The maximum absolute atomic E-state index is 12.5. The average molecular weight is 351 g/mol. The van der Waals surface area contributed by atoms with Crippen molar-refractivity contribution in [1.29, 1.82) is 0 Å². The molecule has 0 unspecified atom stereocenters. The summed E-state index contributed by atoms with van der Waals surface area (Å²) in [4.78, 5) is 28.8. The number of nitrogens with one attached hydrogen (secondary N) is 1. The number of carbonyl (C=O) groups is 2. The Morgan fingerprint density at radius 2 is 1.42 bits per heavy atom. The van der Waals surface area contributed by atoms with Gasteiger partial charge in [0.25, 0.3) is 11.8 Å². The van der Waals surface area contributed by atoms with Crippen molar-refractivity contribution < 1.29 is 9.59 Å². The second-order valence-corrected chi connectivity index (χ2v) is 6.83.